The summed E-state index contributed by atoms with van der Waals surface area (Å²) in [6, 6.07) is 8.31. The Bertz CT molecular complexity index is 407. The Labute approximate surface area is 108 Å². The predicted octanol–water partition coefficient (Wildman–Crippen LogP) is 0.543. The van der Waals surface area contributed by atoms with E-state index in [1.165, 1.54) is 11.1 Å². The van der Waals surface area contributed by atoms with Crippen molar-refractivity contribution in [3.05, 3.63) is 35.4 Å². The second-order valence-electron chi connectivity index (χ2n) is 4.56. The van der Waals surface area contributed by atoms with E-state index in [1.54, 1.807) is 0 Å². The summed E-state index contributed by atoms with van der Waals surface area (Å²) >= 11 is 0. The van der Waals surface area contributed by atoms with Crippen molar-refractivity contribution in [2.24, 2.45) is 0 Å². The number of hydrogen-bond donors (Lipinski definition) is 2. The van der Waals surface area contributed by atoms with Gasteiger partial charge in [-0.05, 0) is 17.5 Å². The maximum absolute atomic E-state index is 12.0. The first-order valence-corrected chi connectivity index (χ1v) is 6.47. The Morgan fingerprint density at radius 2 is 2.06 bits per heavy atom. The van der Waals surface area contributed by atoms with E-state index < -0.39 is 0 Å². The van der Waals surface area contributed by atoms with Crippen LogP contribution in [0.2, 0.25) is 0 Å². The van der Waals surface area contributed by atoms with Crippen LogP contribution in [0.4, 0.5) is 0 Å². The molecule has 0 saturated heterocycles. The summed E-state index contributed by atoms with van der Waals surface area (Å²) in [5, 5.41) is 11.7. The molecule has 0 unspecified atom stereocenters. The summed E-state index contributed by atoms with van der Waals surface area (Å²) in [6.45, 7) is 2.85. The lowest BCUT2D eigenvalue weighted by molar-refractivity contribution is -0.132. The minimum absolute atomic E-state index is 0.116. The Kier molecular flexibility index (Phi) is 4.73. The van der Waals surface area contributed by atoms with Crippen LogP contribution >= 0.6 is 0 Å². The van der Waals surface area contributed by atoms with E-state index in [4.69, 9.17) is 5.11 Å². The van der Waals surface area contributed by atoms with Gasteiger partial charge in [-0.1, -0.05) is 24.3 Å². The van der Waals surface area contributed by atoms with Crippen LogP contribution in [0, 0.1) is 0 Å². The molecule has 0 saturated carbocycles. The van der Waals surface area contributed by atoms with Crippen molar-refractivity contribution in [2.45, 2.75) is 19.4 Å². The molecule has 4 heteroatoms. The molecule has 0 atom stereocenters. The Balaban J connectivity index is 1.83. The highest BCUT2D eigenvalue weighted by atomic mass is 16.3. The zero-order valence-corrected chi connectivity index (χ0v) is 10.6. The van der Waals surface area contributed by atoms with Crippen molar-refractivity contribution in [3.63, 3.8) is 0 Å². The highest BCUT2D eigenvalue weighted by molar-refractivity contribution is 5.76. The van der Waals surface area contributed by atoms with Gasteiger partial charge in [-0.25, -0.2) is 0 Å². The van der Waals surface area contributed by atoms with Gasteiger partial charge in [0.15, 0.2) is 0 Å². The van der Waals surface area contributed by atoms with Crippen LogP contribution in [-0.4, -0.2) is 42.2 Å². The zero-order chi connectivity index (χ0) is 12.8. The lowest BCUT2D eigenvalue weighted by Crippen LogP contribution is -2.37. The fourth-order valence-corrected chi connectivity index (χ4v) is 2.27. The molecule has 2 N–H and O–H groups in total. The molecule has 1 aliphatic rings. The number of rotatable bonds is 5. The molecule has 1 aromatic carbocycles. The van der Waals surface area contributed by atoms with Crippen molar-refractivity contribution in [3.8, 4) is 0 Å². The van der Waals surface area contributed by atoms with Crippen molar-refractivity contribution < 1.29 is 9.90 Å². The molecule has 18 heavy (non-hydrogen) atoms. The number of nitrogens with zero attached hydrogens (tertiary/aromatic N) is 1. The van der Waals surface area contributed by atoms with Gasteiger partial charge in [0.1, 0.15) is 0 Å². The standard InChI is InChI=1S/C14H20N2O2/c17-10-8-15-7-5-14(18)16-9-6-12-3-1-2-4-13(12)11-16/h1-4,15,17H,5-11H2. The number of fused-ring (bicyclic) bond motifs is 1. The van der Waals surface area contributed by atoms with Gasteiger partial charge in [-0.2, -0.15) is 0 Å². The molecule has 1 aromatic rings. The molecule has 4 nitrogen and oxygen atoms in total. The van der Waals surface area contributed by atoms with Crippen molar-refractivity contribution in [1.29, 1.82) is 0 Å². The normalized spacial score (nSPS) is 14.4. The van der Waals surface area contributed by atoms with Gasteiger partial charge in [0, 0.05) is 32.6 Å². The number of carbonyl (C=O) groups excluding carboxylic acids is 1. The van der Waals surface area contributed by atoms with E-state index in [-0.39, 0.29) is 12.5 Å². The van der Waals surface area contributed by atoms with Crippen LogP contribution < -0.4 is 5.32 Å². The van der Waals surface area contributed by atoms with E-state index in [2.05, 4.69) is 23.5 Å². The topological polar surface area (TPSA) is 52.6 Å². The van der Waals surface area contributed by atoms with E-state index in [1.807, 2.05) is 11.0 Å². The largest absolute Gasteiger partial charge is 0.395 e. The molecule has 2 rings (SSSR count). The Hall–Kier alpha value is -1.39. The maximum atomic E-state index is 12.0. The van der Waals surface area contributed by atoms with Crippen LogP contribution in [0.5, 0.6) is 0 Å². The van der Waals surface area contributed by atoms with Crippen molar-refractivity contribution in [2.75, 3.05) is 26.2 Å². The predicted molar refractivity (Wildman–Crippen MR) is 70.1 cm³/mol. The number of nitrogens with one attached hydrogen (secondary N) is 1. The average molecular weight is 248 g/mol. The molecule has 0 aromatic heterocycles. The van der Waals surface area contributed by atoms with Gasteiger partial charge in [0.2, 0.25) is 5.91 Å². The van der Waals surface area contributed by atoms with Crippen LogP contribution in [-0.2, 0) is 17.8 Å². The fourth-order valence-electron chi connectivity index (χ4n) is 2.27. The minimum Gasteiger partial charge on any atom is -0.395 e. The van der Waals surface area contributed by atoms with Crippen LogP contribution in [0.1, 0.15) is 17.5 Å². The first kappa shape index (κ1) is 13.1. The Morgan fingerprint density at radius 3 is 2.83 bits per heavy atom. The molecule has 1 heterocycles. The quantitative estimate of drug-likeness (QED) is 0.748. The van der Waals surface area contributed by atoms with Crippen LogP contribution in [0.25, 0.3) is 0 Å². The van der Waals surface area contributed by atoms with Gasteiger partial charge in [-0.3, -0.25) is 4.79 Å². The number of carbonyl (C=O) groups is 1. The van der Waals surface area contributed by atoms with Gasteiger partial charge in [0.05, 0.1) is 6.61 Å². The van der Waals surface area contributed by atoms with E-state index in [0.29, 0.717) is 19.5 Å². The molecule has 1 amide bonds. The molecule has 0 radical (unpaired) electrons. The number of hydrogen-bond acceptors (Lipinski definition) is 3. The van der Waals surface area contributed by atoms with E-state index in [9.17, 15) is 4.79 Å². The summed E-state index contributed by atoms with van der Waals surface area (Å²) in [4.78, 5) is 13.9. The molecule has 98 valence electrons. The highest BCUT2D eigenvalue weighted by Gasteiger charge is 2.19. The van der Waals surface area contributed by atoms with E-state index >= 15 is 0 Å². The smallest absolute Gasteiger partial charge is 0.224 e. The summed E-state index contributed by atoms with van der Waals surface area (Å²) in [6.07, 6.45) is 1.45. The lowest BCUT2D eigenvalue weighted by atomic mass is 10.00. The number of benzene rings is 1. The van der Waals surface area contributed by atoms with Gasteiger partial charge >= 0.3 is 0 Å². The van der Waals surface area contributed by atoms with Crippen LogP contribution in [0.15, 0.2) is 24.3 Å². The third-order valence-corrected chi connectivity index (χ3v) is 3.29. The van der Waals surface area contributed by atoms with Crippen LogP contribution in [0.3, 0.4) is 0 Å². The van der Waals surface area contributed by atoms with E-state index in [0.717, 1.165) is 19.5 Å². The lowest BCUT2D eigenvalue weighted by Gasteiger charge is -2.29. The summed E-state index contributed by atoms with van der Waals surface area (Å²) in [7, 11) is 0. The average Bonchev–Trinajstić information content (AvgIpc) is 2.43. The second-order valence-corrected chi connectivity index (χ2v) is 4.56. The zero-order valence-electron chi connectivity index (χ0n) is 10.6. The molecular formula is C14H20N2O2. The third-order valence-electron chi connectivity index (χ3n) is 3.29. The summed E-state index contributed by atoms with van der Waals surface area (Å²) < 4.78 is 0. The molecule has 0 spiro atoms. The third kappa shape index (κ3) is 3.31. The number of amides is 1. The number of aliphatic hydroxyl groups is 1. The molecule has 1 aliphatic heterocycles. The van der Waals surface area contributed by atoms with Gasteiger partial charge < -0.3 is 15.3 Å². The molecule has 0 aliphatic carbocycles. The monoisotopic (exact) mass is 248 g/mol. The first-order chi connectivity index (χ1) is 8.81. The molecule has 0 fully saturated rings. The fraction of sp³-hybridized carbons (Fsp3) is 0.500. The van der Waals surface area contributed by atoms with Gasteiger partial charge in [0.25, 0.3) is 0 Å². The second kappa shape index (κ2) is 6.52. The summed E-state index contributed by atoms with van der Waals surface area (Å²) in [5.74, 6) is 0.190. The Morgan fingerprint density at radius 1 is 1.28 bits per heavy atom. The number of aliphatic hydroxyl groups excluding tert-OH is 1. The van der Waals surface area contributed by atoms with Crippen molar-refractivity contribution >= 4 is 5.91 Å². The van der Waals surface area contributed by atoms with Crippen molar-refractivity contribution in [1.82, 2.24) is 10.2 Å². The molecular weight excluding hydrogens is 228 g/mol. The first-order valence-electron chi connectivity index (χ1n) is 6.47. The maximum Gasteiger partial charge on any atom is 0.224 e. The summed E-state index contributed by atoms with van der Waals surface area (Å²) in [5.41, 5.74) is 2.63. The highest BCUT2D eigenvalue weighted by Crippen LogP contribution is 2.18. The SMILES string of the molecule is O=C(CCNCCO)N1CCc2ccccc2C1. The van der Waals surface area contributed by atoms with Gasteiger partial charge in [-0.15, -0.1) is 0 Å². The molecule has 0 bridgehead atoms. The minimum atomic E-state index is 0.116.